The van der Waals surface area contributed by atoms with Crippen molar-refractivity contribution in [1.29, 1.82) is 0 Å². The standard InChI is InChI=1S/C13H7F9O4/c14-10(15,11(16,17)12(18,19)13(20,21)22)5-26-9(25)7-4-2-1-3-6(7)8(23)24/h1-4H,5H2,(H,23,24). The molecule has 1 aromatic carbocycles. The first-order valence-corrected chi connectivity index (χ1v) is 6.26. The molecule has 0 aromatic heterocycles. The third-order valence-electron chi connectivity index (χ3n) is 2.97. The highest BCUT2D eigenvalue weighted by Gasteiger charge is 2.82. The zero-order valence-corrected chi connectivity index (χ0v) is 12.1. The minimum Gasteiger partial charge on any atom is -0.478 e. The van der Waals surface area contributed by atoms with E-state index >= 15 is 0 Å². The number of hydrogen-bond acceptors (Lipinski definition) is 3. The number of carboxylic acids is 1. The van der Waals surface area contributed by atoms with Crippen molar-refractivity contribution >= 4 is 11.9 Å². The number of rotatable bonds is 6. The Hall–Kier alpha value is -2.47. The lowest BCUT2D eigenvalue weighted by Crippen LogP contribution is -2.62. The molecule has 0 aliphatic heterocycles. The number of aromatic carboxylic acids is 1. The van der Waals surface area contributed by atoms with E-state index in [1.165, 1.54) is 0 Å². The quantitative estimate of drug-likeness (QED) is 0.581. The van der Waals surface area contributed by atoms with E-state index in [-0.39, 0.29) is 0 Å². The van der Waals surface area contributed by atoms with Gasteiger partial charge < -0.3 is 9.84 Å². The predicted molar refractivity (Wildman–Crippen MR) is 64.6 cm³/mol. The highest BCUT2D eigenvalue weighted by Crippen LogP contribution is 2.53. The fraction of sp³-hybridized carbons (Fsp3) is 0.385. The van der Waals surface area contributed by atoms with E-state index in [9.17, 15) is 49.1 Å². The normalized spacial score (nSPS) is 13.4. The minimum atomic E-state index is -7.12. The molecule has 4 nitrogen and oxygen atoms in total. The van der Waals surface area contributed by atoms with Gasteiger partial charge in [0.25, 0.3) is 0 Å². The van der Waals surface area contributed by atoms with Crippen molar-refractivity contribution in [3.8, 4) is 0 Å². The zero-order valence-electron chi connectivity index (χ0n) is 12.1. The summed E-state index contributed by atoms with van der Waals surface area (Å²) in [4.78, 5) is 22.3. The molecule has 0 unspecified atom stereocenters. The van der Waals surface area contributed by atoms with Gasteiger partial charge in [0.2, 0.25) is 0 Å². The lowest BCUT2D eigenvalue weighted by molar-refractivity contribution is -0.398. The maximum absolute atomic E-state index is 13.2. The molecule has 0 heterocycles. The van der Waals surface area contributed by atoms with Crippen LogP contribution in [0.1, 0.15) is 20.7 Å². The van der Waals surface area contributed by atoms with Crippen molar-refractivity contribution in [2.45, 2.75) is 23.9 Å². The van der Waals surface area contributed by atoms with E-state index in [1.807, 2.05) is 0 Å². The molecule has 13 heteroatoms. The number of hydrogen-bond donors (Lipinski definition) is 1. The largest absolute Gasteiger partial charge is 0.478 e. The first-order valence-electron chi connectivity index (χ1n) is 6.26. The number of carbonyl (C=O) groups excluding carboxylic acids is 1. The van der Waals surface area contributed by atoms with Crippen LogP contribution in [0.4, 0.5) is 39.5 Å². The van der Waals surface area contributed by atoms with Gasteiger partial charge in [-0.15, -0.1) is 0 Å². The van der Waals surface area contributed by atoms with Gasteiger partial charge in [0, 0.05) is 0 Å². The Kier molecular flexibility index (Phi) is 5.55. The smallest absolute Gasteiger partial charge is 0.460 e. The second-order valence-corrected chi connectivity index (χ2v) is 4.78. The molecular weight excluding hydrogens is 391 g/mol. The topological polar surface area (TPSA) is 63.6 Å². The van der Waals surface area contributed by atoms with E-state index in [0.717, 1.165) is 24.3 Å². The van der Waals surface area contributed by atoms with Crippen molar-refractivity contribution in [2.75, 3.05) is 6.61 Å². The van der Waals surface area contributed by atoms with Crippen molar-refractivity contribution in [2.24, 2.45) is 0 Å². The van der Waals surface area contributed by atoms with Gasteiger partial charge in [0.15, 0.2) is 6.61 Å². The molecule has 0 aliphatic carbocycles. The van der Waals surface area contributed by atoms with Gasteiger partial charge in [-0.05, 0) is 12.1 Å². The molecule has 0 aliphatic rings. The molecule has 0 atom stereocenters. The van der Waals surface area contributed by atoms with Gasteiger partial charge in [0.05, 0.1) is 11.1 Å². The van der Waals surface area contributed by atoms with Crippen LogP contribution in [-0.2, 0) is 4.74 Å². The summed E-state index contributed by atoms with van der Waals surface area (Å²) >= 11 is 0. The molecule has 0 spiro atoms. The number of halogens is 9. The minimum absolute atomic E-state index is 0.729. The zero-order chi connectivity index (χ0) is 20.6. The van der Waals surface area contributed by atoms with Crippen LogP contribution >= 0.6 is 0 Å². The first-order chi connectivity index (χ1) is 11.6. The van der Waals surface area contributed by atoms with Crippen molar-refractivity contribution < 1.29 is 58.9 Å². The molecule has 1 N–H and O–H groups in total. The Morgan fingerprint density at radius 3 is 1.73 bits per heavy atom. The van der Waals surface area contributed by atoms with E-state index in [0.29, 0.717) is 0 Å². The number of benzene rings is 1. The molecule has 26 heavy (non-hydrogen) atoms. The molecule has 0 amide bonds. The summed E-state index contributed by atoms with van der Waals surface area (Å²) in [6, 6.07) is 3.68. The molecular formula is C13H7F9O4. The summed E-state index contributed by atoms with van der Waals surface area (Å²) in [6.07, 6.45) is -7.00. The van der Waals surface area contributed by atoms with E-state index in [4.69, 9.17) is 5.11 Å². The molecule has 1 rings (SSSR count). The summed E-state index contributed by atoms with van der Waals surface area (Å²) in [5.41, 5.74) is -1.70. The highest BCUT2D eigenvalue weighted by atomic mass is 19.4. The van der Waals surface area contributed by atoms with Crippen LogP contribution in [0.15, 0.2) is 24.3 Å². The molecule has 0 fully saturated rings. The van der Waals surface area contributed by atoms with Gasteiger partial charge in [-0.2, -0.15) is 39.5 Å². The third kappa shape index (κ3) is 3.70. The van der Waals surface area contributed by atoms with Crippen LogP contribution in [0, 0.1) is 0 Å². The van der Waals surface area contributed by atoms with Gasteiger partial charge in [-0.1, -0.05) is 12.1 Å². The molecule has 146 valence electrons. The van der Waals surface area contributed by atoms with Crippen LogP contribution in [0.25, 0.3) is 0 Å². The van der Waals surface area contributed by atoms with E-state index in [1.54, 1.807) is 0 Å². The Labute approximate surface area is 138 Å². The predicted octanol–water partition coefficient (Wildman–Crippen LogP) is 4.01. The SMILES string of the molecule is O=C(O)c1ccccc1C(=O)OCC(F)(F)C(F)(F)C(F)(F)C(F)(F)F. The summed E-state index contributed by atoms with van der Waals surface area (Å²) in [7, 11) is 0. The van der Waals surface area contributed by atoms with E-state index in [2.05, 4.69) is 4.74 Å². The van der Waals surface area contributed by atoms with Gasteiger partial charge in [-0.25, -0.2) is 9.59 Å². The van der Waals surface area contributed by atoms with Crippen molar-refractivity contribution in [1.82, 2.24) is 0 Å². The highest BCUT2D eigenvalue weighted by molar-refractivity contribution is 6.02. The average molecular weight is 398 g/mol. The fourth-order valence-corrected chi connectivity index (χ4v) is 1.58. The van der Waals surface area contributed by atoms with Gasteiger partial charge >= 0.3 is 35.9 Å². The average Bonchev–Trinajstić information content (AvgIpc) is 2.51. The Bertz CT molecular complexity index is 697. The molecule has 0 saturated heterocycles. The Morgan fingerprint density at radius 1 is 0.846 bits per heavy atom. The first kappa shape index (κ1) is 21.6. The number of ether oxygens (including phenoxy) is 1. The Morgan fingerprint density at radius 2 is 1.31 bits per heavy atom. The van der Waals surface area contributed by atoms with Crippen LogP contribution in [-0.4, -0.2) is 47.6 Å². The maximum atomic E-state index is 13.2. The summed E-state index contributed by atoms with van der Waals surface area (Å²) in [5.74, 6) is -23.8. The molecule has 0 radical (unpaired) electrons. The second kappa shape index (κ2) is 6.68. The van der Waals surface area contributed by atoms with Gasteiger partial charge in [-0.3, -0.25) is 0 Å². The lowest BCUT2D eigenvalue weighted by Gasteiger charge is -2.33. The van der Waals surface area contributed by atoms with E-state index < -0.39 is 53.6 Å². The molecule has 0 bridgehead atoms. The second-order valence-electron chi connectivity index (χ2n) is 4.78. The number of carbonyl (C=O) groups is 2. The monoisotopic (exact) mass is 398 g/mol. The van der Waals surface area contributed by atoms with Crippen molar-refractivity contribution in [3.63, 3.8) is 0 Å². The third-order valence-corrected chi connectivity index (χ3v) is 2.97. The fourth-order valence-electron chi connectivity index (χ4n) is 1.58. The van der Waals surface area contributed by atoms with Crippen LogP contribution in [0.2, 0.25) is 0 Å². The van der Waals surface area contributed by atoms with Crippen LogP contribution < -0.4 is 0 Å². The maximum Gasteiger partial charge on any atom is 0.460 e. The summed E-state index contributed by atoms with van der Waals surface area (Å²) in [5, 5.41) is 8.77. The Balaban J connectivity index is 3.05. The number of esters is 1. The van der Waals surface area contributed by atoms with Gasteiger partial charge in [0.1, 0.15) is 0 Å². The lowest BCUT2D eigenvalue weighted by atomic mass is 10.0. The summed E-state index contributed by atoms with van der Waals surface area (Å²) in [6.45, 7) is -2.85. The summed E-state index contributed by atoms with van der Waals surface area (Å²) < 4.78 is 117. The van der Waals surface area contributed by atoms with Crippen LogP contribution in [0.5, 0.6) is 0 Å². The number of alkyl halides is 9. The molecule has 1 aromatic rings. The van der Waals surface area contributed by atoms with Crippen molar-refractivity contribution in [3.05, 3.63) is 35.4 Å². The molecule has 0 saturated carbocycles. The van der Waals surface area contributed by atoms with Crippen LogP contribution in [0.3, 0.4) is 0 Å². The number of carboxylic acid groups (broad SMARTS) is 1.